The number of aryl methyl sites for hydroxylation is 1. The average molecular weight is 445 g/mol. The lowest BCUT2D eigenvalue weighted by Crippen LogP contribution is -2.49. The van der Waals surface area contributed by atoms with E-state index in [1.807, 2.05) is 36.4 Å². The Morgan fingerprint density at radius 3 is 2.35 bits per heavy atom. The molecule has 0 aliphatic heterocycles. The summed E-state index contributed by atoms with van der Waals surface area (Å²) in [5.41, 5.74) is 3.03. The summed E-state index contributed by atoms with van der Waals surface area (Å²) in [6, 6.07) is 14.8. The third-order valence-electron chi connectivity index (χ3n) is 5.63. The molecule has 0 spiro atoms. The second-order valence-corrected chi connectivity index (χ2v) is 9.98. The maximum atomic E-state index is 12.9. The molecule has 1 aromatic heterocycles. The Kier molecular flexibility index (Phi) is 6.19. The molecule has 9 heteroatoms. The zero-order valence-corrected chi connectivity index (χ0v) is 18.3. The van der Waals surface area contributed by atoms with E-state index in [1.54, 1.807) is 25.4 Å². The molecule has 164 valence electrons. The number of sulfone groups is 1. The average Bonchev–Trinajstić information content (AvgIpc) is 2.76. The molecule has 0 aliphatic carbocycles. The van der Waals surface area contributed by atoms with Gasteiger partial charge in [-0.15, -0.1) is 0 Å². The predicted octanol–water partition coefficient (Wildman–Crippen LogP) is 2.38. The molecule has 1 amide bonds. The number of amides is 1. The van der Waals surface area contributed by atoms with Gasteiger partial charge in [0, 0.05) is 24.4 Å². The first-order chi connectivity index (χ1) is 14.6. The van der Waals surface area contributed by atoms with E-state index >= 15 is 0 Å². The largest absolute Gasteiger partial charge is 0.497 e. The number of carbonyl (C=O) groups is 1. The molecule has 3 rings (SSSR count). The van der Waals surface area contributed by atoms with Gasteiger partial charge in [0.15, 0.2) is 14.6 Å². The minimum absolute atomic E-state index is 0.00794. The normalized spacial score (nSPS) is 13.5. The highest BCUT2D eigenvalue weighted by atomic mass is 32.2. The fraction of sp³-hybridized carbons (Fsp3) is 0.273. The molecule has 0 unspecified atom stereocenters. The standard InChI is InChI=1S/C22H24N2O6S/c1-22(21(26)23-27,31(3,28)29)11-13-24-12-10-17-14-16(6-9-19(17)20(24)25)15-4-7-18(30-2)8-5-15/h4-10,12,14,27H,11,13H2,1-3H3,(H,23,26)/t22-/m0/s1. The van der Waals surface area contributed by atoms with Gasteiger partial charge in [-0.3, -0.25) is 14.8 Å². The summed E-state index contributed by atoms with van der Waals surface area (Å²) in [6.45, 7) is 1.22. The van der Waals surface area contributed by atoms with Crippen molar-refractivity contribution in [3.05, 3.63) is 65.1 Å². The molecule has 0 aliphatic rings. The van der Waals surface area contributed by atoms with E-state index in [9.17, 15) is 18.0 Å². The van der Waals surface area contributed by atoms with Crippen molar-refractivity contribution in [1.82, 2.24) is 10.0 Å². The van der Waals surface area contributed by atoms with Gasteiger partial charge >= 0.3 is 0 Å². The maximum Gasteiger partial charge on any atom is 0.264 e. The number of benzene rings is 2. The molecule has 0 saturated carbocycles. The summed E-state index contributed by atoms with van der Waals surface area (Å²) in [5, 5.41) is 10.2. The first-order valence-corrected chi connectivity index (χ1v) is 11.4. The summed E-state index contributed by atoms with van der Waals surface area (Å²) in [5.74, 6) is -0.281. The van der Waals surface area contributed by atoms with Crippen LogP contribution in [0.5, 0.6) is 5.75 Å². The summed E-state index contributed by atoms with van der Waals surface area (Å²) in [6.07, 6.45) is 2.32. The van der Waals surface area contributed by atoms with E-state index in [-0.39, 0.29) is 18.5 Å². The first kappa shape index (κ1) is 22.5. The Hall–Kier alpha value is -3.17. The summed E-state index contributed by atoms with van der Waals surface area (Å²) in [4.78, 5) is 24.9. The molecule has 0 saturated heterocycles. The number of rotatable bonds is 7. The van der Waals surface area contributed by atoms with Gasteiger partial charge in [0.25, 0.3) is 11.5 Å². The van der Waals surface area contributed by atoms with Crippen LogP contribution in [0.1, 0.15) is 13.3 Å². The van der Waals surface area contributed by atoms with Crippen LogP contribution in [0.4, 0.5) is 0 Å². The third kappa shape index (κ3) is 4.33. The smallest absolute Gasteiger partial charge is 0.264 e. The molecule has 3 aromatic rings. The zero-order valence-electron chi connectivity index (χ0n) is 17.5. The minimum Gasteiger partial charge on any atom is -0.497 e. The first-order valence-electron chi connectivity index (χ1n) is 9.52. The van der Waals surface area contributed by atoms with Gasteiger partial charge in [-0.25, -0.2) is 13.9 Å². The molecule has 0 fully saturated rings. The molecule has 2 N–H and O–H groups in total. The number of nitrogens with one attached hydrogen (secondary N) is 1. The van der Waals surface area contributed by atoms with Crippen molar-refractivity contribution in [2.24, 2.45) is 0 Å². The van der Waals surface area contributed by atoms with Crippen LogP contribution in [0, 0.1) is 0 Å². The van der Waals surface area contributed by atoms with Crippen molar-refractivity contribution in [1.29, 1.82) is 0 Å². The number of carbonyl (C=O) groups excluding carboxylic acids is 1. The quantitative estimate of drug-likeness (QED) is 0.427. The highest BCUT2D eigenvalue weighted by Gasteiger charge is 2.43. The van der Waals surface area contributed by atoms with Crippen molar-refractivity contribution in [2.45, 2.75) is 24.6 Å². The van der Waals surface area contributed by atoms with Crippen molar-refractivity contribution in [3.63, 3.8) is 0 Å². The number of fused-ring (bicyclic) bond motifs is 1. The molecule has 0 radical (unpaired) electrons. The molecular formula is C22H24N2O6S. The fourth-order valence-corrected chi connectivity index (χ4v) is 4.19. The van der Waals surface area contributed by atoms with Gasteiger partial charge in [-0.05, 0) is 60.2 Å². The Balaban J connectivity index is 1.92. The topological polar surface area (TPSA) is 115 Å². The van der Waals surface area contributed by atoms with Gasteiger partial charge in [-0.1, -0.05) is 18.2 Å². The summed E-state index contributed by atoms with van der Waals surface area (Å²) in [7, 11) is -2.24. The van der Waals surface area contributed by atoms with E-state index in [2.05, 4.69) is 0 Å². The second kappa shape index (κ2) is 8.52. The fourth-order valence-electron chi connectivity index (χ4n) is 3.35. The number of ether oxygens (including phenoxy) is 1. The van der Waals surface area contributed by atoms with Crippen LogP contribution in [0.25, 0.3) is 21.9 Å². The molecule has 8 nitrogen and oxygen atoms in total. The Bertz CT molecular complexity index is 1280. The lowest BCUT2D eigenvalue weighted by atomic mass is 10.0. The Morgan fingerprint density at radius 2 is 1.77 bits per heavy atom. The Labute approximate surface area is 180 Å². The molecule has 2 aromatic carbocycles. The van der Waals surface area contributed by atoms with Gasteiger partial charge in [0.1, 0.15) is 5.75 Å². The number of hydrogen-bond donors (Lipinski definition) is 2. The lowest BCUT2D eigenvalue weighted by molar-refractivity contribution is -0.131. The van der Waals surface area contributed by atoms with Crippen molar-refractivity contribution >= 4 is 26.5 Å². The van der Waals surface area contributed by atoms with E-state index in [0.717, 1.165) is 28.5 Å². The number of hydroxylamine groups is 1. The Morgan fingerprint density at radius 1 is 1.13 bits per heavy atom. The van der Waals surface area contributed by atoms with Crippen molar-refractivity contribution in [2.75, 3.05) is 13.4 Å². The summed E-state index contributed by atoms with van der Waals surface area (Å²) >= 11 is 0. The van der Waals surface area contributed by atoms with Gasteiger partial charge in [0.2, 0.25) is 0 Å². The molecular weight excluding hydrogens is 420 g/mol. The molecule has 1 heterocycles. The van der Waals surface area contributed by atoms with E-state index in [4.69, 9.17) is 9.94 Å². The number of aromatic nitrogens is 1. The monoisotopic (exact) mass is 444 g/mol. The summed E-state index contributed by atoms with van der Waals surface area (Å²) < 4.78 is 28.9. The molecule has 1 atom stereocenters. The highest BCUT2D eigenvalue weighted by Crippen LogP contribution is 2.26. The molecule has 0 bridgehead atoms. The molecule has 31 heavy (non-hydrogen) atoms. The second-order valence-electron chi connectivity index (χ2n) is 7.54. The van der Waals surface area contributed by atoms with Crippen molar-refractivity contribution < 1.29 is 23.2 Å². The van der Waals surface area contributed by atoms with Crippen LogP contribution in [-0.4, -0.2) is 42.2 Å². The van der Waals surface area contributed by atoms with E-state index in [0.29, 0.717) is 5.39 Å². The number of pyridine rings is 1. The third-order valence-corrected chi connectivity index (χ3v) is 7.66. The van der Waals surface area contributed by atoms with Crippen LogP contribution in [0.3, 0.4) is 0 Å². The minimum atomic E-state index is -3.84. The van der Waals surface area contributed by atoms with Crippen LogP contribution >= 0.6 is 0 Å². The van der Waals surface area contributed by atoms with E-state index in [1.165, 1.54) is 17.0 Å². The number of methoxy groups -OCH3 is 1. The van der Waals surface area contributed by atoms with Gasteiger partial charge in [0.05, 0.1) is 7.11 Å². The predicted molar refractivity (Wildman–Crippen MR) is 118 cm³/mol. The van der Waals surface area contributed by atoms with Crippen LogP contribution in [0.2, 0.25) is 0 Å². The lowest BCUT2D eigenvalue weighted by Gasteiger charge is -2.25. The highest BCUT2D eigenvalue weighted by molar-refractivity contribution is 7.92. The maximum absolute atomic E-state index is 12.9. The number of hydrogen-bond acceptors (Lipinski definition) is 6. The van der Waals surface area contributed by atoms with Gasteiger partial charge in [-0.2, -0.15) is 0 Å². The van der Waals surface area contributed by atoms with Crippen LogP contribution in [-0.2, 0) is 21.2 Å². The zero-order chi connectivity index (χ0) is 22.8. The van der Waals surface area contributed by atoms with Crippen molar-refractivity contribution in [3.8, 4) is 16.9 Å². The van der Waals surface area contributed by atoms with E-state index < -0.39 is 20.5 Å². The van der Waals surface area contributed by atoms with Crippen LogP contribution in [0.15, 0.2) is 59.5 Å². The van der Waals surface area contributed by atoms with Gasteiger partial charge < -0.3 is 9.30 Å². The number of nitrogens with zero attached hydrogens (tertiary/aromatic N) is 1. The van der Waals surface area contributed by atoms with Crippen LogP contribution < -0.4 is 15.8 Å². The SMILES string of the molecule is COc1ccc(-c2ccc3c(=O)n(CC[C@@](C)(C(=O)NO)S(C)(=O)=O)ccc3c2)cc1.